The van der Waals surface area contributed by atoms with E-state index >= 15 is 0 Å². The van der Waals surface area contributed by atoms with Gasteiger partial charge in [0.25, 0.3) is 5.91 Å². The number of aryl methyl sites for hydroxylation is 1. The van der Waals surface area contributed by atoms with E-state index in [-0.39, 0.29) is 17.7 Å². The summed E-state index contributed by atoms with van der Waals surface area (Å²) in [6.45, 7) is 3.90. The van der Waals surface area contributed by atoms with Crippen molar-refractivity contribution in [1.29, 1.82) is 0 Å². The average molecular weight is 352 g/mol. The molecule has 7 nitrogen and oxygen atoms in total. The number of carbonyl (C=O) groups is 1. The van der Waals surface area contributed by atoms with Gasteiger partial charge in [-0.15, -0.1) is 0 Å². The van der Waals surface area contributed by atoms with Crippen LogP contribution in [0.2, 0.25) is 0 Å². The Balaban J connectivity index is 1.62. The SMILES string of the molecule is Cc1cnc(C(=O)N[C@H]2CN(CCS(C)(=O)=O)C[C@@H]2C2CC2)cn1. The fourth-order valence-electron chi connectivity index (χ4n) is 3.30. The summed E-state index contributed by atoms with van der Waals surface area (Å²) < 4.78 is 22.8. The minimum atomic E-state index is -2.97. The van der Waals surface area contributed by atoms with Crippen molar-refractivity contribution >= 4 is 15.7 Å². The van der Waals surface area contributed by atoms with Crippen LogP contribution >= 0.6 is 0 Å². The second kappa shape index (κ2) is 6.76. The van der Waals surface area contributed by atoms with E-state index in [0.29, 0.717) is 30.6 Å². The van der Waals surface area contributed by atoms with Crippen molar-refractivity contribution in [3.63, 3.8) is 0 Å². The van der Waals surface area contributed by atoms with Crippen LogP contribution < -0.4 is 5.32 Å². The maximum Gasteiger partial charge on any atom is 0.271 e. The Bertz CT molecular complexity index is 701. The van der Waals surface area contributed by atoms with Gasteiger partial charge in [-0.25, -0.2) is 13.4 Å². The standard InChI is InChI=1S/C16H24N4O3S/c1-11-7-18-14(8-17-11)16(21)19-15-10-20(5-6-24(2,22)23)9-13(15)12-3-4-12/h7-8,12-13,15H,3-6,9-10H2,1-2H3,(H,19,21)/t13-,15+/m1/s1. The lowest BCUT2D eigenvalue weighted by atomic mass is 9.98. The van der Waals surface area contributed by atoms with Gasteiger partial charge in [-0.1, -0.05) is 0 Å². The lowest BCUT2D eigenvalue weighted by Gasteiger charge is -2.19. The van der Waals surface area contributed by atoms with E-state index in [1.54, 1.807) is 6.20 Å². The van der Waals surface area contributed by atoms with Crippen molar-refractivity contribution in [3.8, 4) is 0 Å². The van der Waals surface area contributed by atoms with Crippen molar-refractivity contribution in [2.45, 2.75) is 25.8 Å². The van der Waals surface area contributed by atoms with Crippen LogP contribution in [0, 0.1) is 18.8 Å². The first-order valence-corrected chi connectivity index (χ1v) is 10.4. The zero-order valence-electron chi connectivity index (χ0n) is 14.1. The number of amides is 1. The molecule has 132 valence electrons. The molecule has 0 unspecified atom stereocenters. The normalized spacial score (nSPS) is 24.9. The highest BCUT2D eigenvalue weighted by Crippen LogP contribution is 2.41. The van der Waals surface area contributed by atoms with Crippen LogP contribution in [0.25, 0.3) is 0 Å². The van der Waals surface area contributed by atoms with Gasteiger partial charge in [0.05, 0.1) is 17.6 Å². The van der Waals surface area contributed by atoms with Crippen molar-refractivity contribution < 1.29 is 13.2 Å². The van der Waals surface area contributed by atoms with Crippen LogP contribution in [0.5, 0.6) is 0 Å². The monoisotopic (exact) mass is 352 g/mol. The third kappa shape index (κ3) is 4.51. The summed E-state index contributed by atoms with van der Waals surface area (Å²) in [6.07, 6.45) is 6.73. The van der Waals surface area contributed by atoms with Gasteiger partial charge in [0.15, 0.2) is 0 Å². The van der Waals surface area contributed by atoms with E-state index in [1.807, 2.05) is 6.92 Å². The molecule has 0 bridgehead atoms. The molecule has 1 saturated heterocycles. The molecule has 2 aliphatic rings. The fourth-order valence-corrected chi connectivity index (χ4v) is 3.89. The third-order valence-corrected chi connectivity index (χ3v) is 5.70. The highest BCUT2D eigenvalue weighted by atomic mass is 32.2. The van der Waals surface area contributed by atoms with E-state index in [4.69, 9.17) is 0 Å². The van der Waals surface area contributed by atoms with E-state index in [9.17, 15) is 13.2 Å². The fraction of sp³-hybridized carbons (Fsp3) is 0.688. The van der Waals surface area contributed by atoms with E-state index in [1.165, 1.54) is 25.3 Å². The number of sulfone groups is 1. The molecule has 0 spiro atoms. The Kier molecular flexibility index (Phi) is 4.87. The van der Waals surface area contributed by atoms with Gasteiger partial charge in [-0.05, 0) is 31.6 Å². The zero-order valence-corrected chi connectivity index (χ0v) is 14.9. The van der Waals surface area contributed by atoms with Crippen LogP contribution in [-0.4, -0.2) is 66.9 Å². The quantitative estimate of drug-likeness (QED) is 0.790. The number of hydrogen-bond donors (Lipinski definition) is 1. The van der Waals surface area contributed by atoms with Gasteiger partial charge < -0.3 is 5.32 Å². The predicted molar refractivity (Wildman–Crippen MR) is 90.4 cm³/mol. The molecule has 1 N–H and O–H groups in total. The Hall–Kier alpha value is -1.54. The summed E-state index contributed by atoms with van der Waals surface area (Å²) in [7, 11) is -2.97. The van der Waals surface area contributed by atoms with Crippen molar-refractivity contribution in [1.82, 2.24) is 20.2 Å². The molecule has 24 heavy (non-hydrogen) atoms. The first kappa shape index (κ1) is 17.3. The lowest BCUT2D eigenvalue weighted by Crippen LogP contribution is -2.41. The molecule has 1 aliphatic heterocycles. The largest absolute Gasteiger partial charge is 0.346 e. The van der Waals surface area contributed by atoms with Gasteiger partial charge in [0.2, 0.25) is 0 Å². The number of hydrogen-bond acceptors (Lipinski definition) is 6. The molecule has 1 amide bonds. The molecule has 2 fully saturated rings. The molecule has 2 heterocycles. The van der Waals surface area contributed by atoms with E-state index in [2.05, 4.69) is 20.2 Å². The highest BCUT2D eigenvalue weighted by molar-refractivity contribution is 7.90. The average Bonchev–Trinajstić information content (AvgIpc) is 3.27. The number of rotatable bonds is 6. The Morgan fingerprint density at radius 2 is 2.04 bits per heavy atom. The van der Waals surface area contributed by atoms with E-state index < -0.39 is 9.84 Å². The predicted octanol–water partition coefficient (Wildman–Crippen LogP) is 0.270. The van der Waals surface area contributed by atoms with Gasteiger partial charge >= 0.3 is 0 Å². The molecular weight excluding hydrogens is 328 g/mol. The molecule has 1 aliphatic carbocycles. The molecule has 0 aromatic carbocycles. The highest BCUT2D eigenvalue weighted by Gasteiger charge is 2.43. The third-order valence-electron chi connectivity index (χ3n) is 4.78. The van der Waals surface area contributed by atoms with Crippen LogP contribution in [0.15, 0.2) is 12.4 Å². The number of aromatic nitrogens is 2. The second-order valence-electron chi connectivity index (χ2n) is 7.01. The molecule has 0 radical (unpaired) electrons. The zero-order chi connectivity index (χ0) is 17.3. The van der Waals surface area contributed by atoms with Gasteiger partial charge in [0.1, 0.15) is 15.5 Å². The topological polar surface area (TPSA) is 92.3 Å². The smallest absolute Gasteiger partial charge is 0.271 e. The molecular formula is C16H24N4O3S. The second-order valence-corrected chi connectivity index (χ2v) is 9.27. The summed E-state index contributed by atoms with van der Waals surface area (Å²) in [5.41, 5.74) is 1.10. The van der Waals surface area contributed by atoms with Crippen LogP contribution in [0.3, 0.4) is 0 Å². The van der Waals surface area contributed by atoms with E-state index in [0.717, 1.165) is 12.2 Å². The van der Waals surface area contributed by atoms with Crippen molar-refractivity contribution in [2.24, 2.45) is 11.8 Å². The molecule has 8 heteroatoms. The Morgan fingerprint density at radius 3 is 2.62 bits per heavy atom. The van der Waals surface area contributed by atoms with Crippen LogP contribution in [-0.2, 0) is 9.84 Å². The first-order chi connectivity index (χ1) is 11.3. The van der Waals surface area contributed by atoms with Gasteiger partial charge in [-0.2, -0.15) is 0 Å². The van der Waals surface area contributed by atoms with Crippen LogP contribution in [0.1, 0.15) is 29.0 Å². The molecule has 1 aromatic heterocycles. The van der Waals surface area contributed by atoms with Crippen molar-refractivity contribution in [2.75, 3.05) is 31.6 Å². The maximum absolute atomic E-state index is 12.4. The molecule has 3 rings (SSSR count). The Morgan fingerprint density at radius 1 is 1.29 bits per heavy atom. The minimum absolute atomic E-state index is 0.0488. The number of carbonyl (C=O) groups excluding carboxylic acids is 1. The summed E-state index contributed by atoms with van der Waals surface area (Å²) in [4.78, 5) is 22.8. The summed E-state index contributed by atoms with van der Waals surface area (Å²) in [6, 6.07) is 0.0488. The number of nitrogens with one attached hydrogen (secondary N) is 1. The molecule has 2 atom stereocenters. The summed E-state index contributed by atoms with van der Waals surface area (Å²) in [5.74, 6) is 0.992. The summed E-state index contributed by atoms with van der Waals surface area (Å²) in [5, 5.41) is 3.08. The molecule has 1 aromatic rings. The minimum Gasteiger partial charge on any atom is -0.346 e. The van der Waals surface area contributed by atoms with Crippen molar-refractivity contribution in [3.05, 3.63) is 23.8 Å². The number of nitrogens with zero attached hydrogens (tertiary/aromatic N) is 3. The first-order valence-electron chi connectivity index (χ1n) is 8.31. The van der Waals surface area contributed by atoms with Crippen LogP contribution in [0.4, 0.5) is 0 Å². The van der Waals surface area contributed by atoms with Gasteiger partial charge in [-0.3, -0.25) is 14.7 Å². The Labute approximate surface area is 142 Å². The maximum atomic E-state index is 12.4. The lowest BCUT2D eigenvalue weighted by molar-refractivity contribution is 0.0922. The summed E-state index contributed by atoms with van der Waals surface area (Å²) >= 11 is 0. The van der Waals surface area contributed by atoms with Gasteiger partial charge in [0, 0.05) is 38.1 Å². The molecule has 1 saturated carbocycles. The number of likely N-dealkylation sites (tertiary alicyclic amines) is 1.